The molecule has 20 heavy (non-hydrogen) atoms. The number of halogens is 1. The van der Waals surface area contributed by atoms with Gasteiger partial charge in [-0.15, -0.1) is 0 Å². The van der Waals surface area contributed by atoms with Crippen molar-refractivity contribution in [2.24, 2.45) is 0 Å². The molecule has 1 saturated heterocycles. The fraction of sp³-hybridized carbons (Fsp3) is 0.647. The number of hydrogen-bond donors (Lipinski definition) is 1. The lowest BCUT2D eigenvalue weighted by Crippen LogP contribution is -2.25. The van der Waals surface area contributed by atoms with Crippen molar-refractivity contribution < 1.29 is 9.13 Å². The molecule has 0 aromatic heterocycles. The van der Waals surface area contributed by atoms with Crippen LogP contribution in [0.2, 0.25) is 0 Å². The molecule has 0 bridgehead atoms. The van der Waals surface area contributed by atoms with Crippen LogP contribution in [0.4, 0.5) is 4.39 Å². The molecule has 2 fully saturated rings. The van der Waals surface area contributed by atoms with Gasteiger partial charge in [-0.2, -0.15) is 0 Å². The Morgan fingerprint density at radius 2 is 2.10 bits per heavy atom. The highest BCUT2D eigenvalue weighted by Crippen LogP contribution is 2.28. The van der Waals surface area contributed by atoms with Gasteiger partial charge in [0.05, 0.1) is 6.10 Å². The third-order valence-electron chi connectivity index (χ3n) is 4.44. The molecule has 0 radical (unpaired) electrons. The Hall–Kier alpha value is -0.930. The van der Waals surface area contributed by atoms with E-state index in [0.717, 1.165) is 31.6 Å². The first-order valence-corrected chi connectivity index (χ1v) is 7.92. The van der Waals surface area contributed by atoms with Crippen molar-refractivity contribution in [2.45, 2.75) is 56.6 Å². The average molecular weight is 277 g/mol. The van der Waals surface area contributed by atoms with E-state index in [1.165, 1.54) is 25.7 Å². The SMILES string of the molecule is Fc1ccccc1C(CCC1CCCO1)CNC1CC1. The third kappa shape index (κ3) is 3.80. The normalized spacial score (nSPS) is 23.9. The fourth-order valence-corrected chi connectivity index (χ4v) is 3.03. The van der Waals surface area contributed by atoms with Crippen molar-refractivity contribution in [3.63, 3.8) is 0 Å². The highest BCUT2D eigenvalue weighted by molar-refractivity contribution is 5.22. The van der Waals surface area contributed by atoms with Crippen LogP contribution in [0.15, 0.2) is 24.3 Å². The van der Waals surface area contributed by atoms with Crippen molar-refractivity contribution in [1.82, 2.24) is 5.32 Å². The van der Waals surface area contributed by atoms with Gasteiger partial charge in [0, 0.05) is 19.2 Å². The molecule has 0 amide bonds. The predicted molar refractivity (Wildman–Crippen MR) is 78.4 cm³/mol. The fourth-order valence-electron chi connectivity index (χ4n) is 3.03. The molecule has 2 atom stereocenters. The number of benzene rings is 1. The quantitative estimate of drug-likeness (QED) is 0.822. The average Bonchev–Trinajstić information content (AvgIpc) is 3.14. The molecular weight excluding hydrogens is 253 g/mol. The van der Waals surface area contributed by atoms with Crippen molar-refractivity contribution in [3.05, 3.63) is 35.6 Å². The van der Waals surface area contributed by atoms with Gasteiger partial charge in [0.25, 0.3) is 0 Å². The Kier molecular flexibility index (Phi) is 4.69. The summed E-state index contributed by atoms with van der Waals surface area (Å²) < 4.78 is 19.7. The lowest BCUT2D eigenvalue weighted by atomic mass is 9.92. The molecule has 110 valence electrons. The molecule has 2 aliphatic rings. The van der Waals surface area contributed by atoms with E-state index in [1.54, 1.807) is 12.1 Å². The third-order valence-corrected chi connectivity index (χ3v) is 4.44. The van der Waals surface area contributed by atoms with Crippen molar-refractivity contribution >= 4 is 0 Å². The molecule has 3 rings (SSSR count). The second-order valence-electron chi connectivity index (χ2n) is 6.11. The summed E-state index contributed by atoms with van der Waals surface area (Å²) in [5, 5.41) is 3.55. The summed E-state index contributed by atoms with van der Waals surface area (Å²) in [7, 11) is 0. The predicted octanol–water partition coefficient (Wildman–Crippen LogP) is 3.62. The van der Waals surface area contributed by atoms with Crippen LogP contribution in [-0.4, -0.2) is 25.3 Å². The second kappa shape index (κ2) is 6.68. The van der Waals surface area contributed by atoms with E-state index in [1.807, 2.05) is 12.1 Å². The van der Waals surface area contributed by atoms with Gasteiger partial charge in [0.1, 0.15) is 5.82 Å². The van der Waals surface area contributed by atoms with Crippen LogP contribution >= 0.6 is 0 Å². The van der Waals surface area contributed by atoms with Crippen LogP contribution < -0.4 is 5.32 Å². The van der Waals surface area contributed by atoms with Gasteiger partial charge < -0.3 is 10.1 Å². The van der Waals surface area contributed by atoms with Crippen LogP contribution in [-0.2, 0) is 4.74 Å². The zero-order valence-electron chi connectivity index (χ0n) is 12.0. The standard InChI is InChI=1S/C17H24FNO/c18-17-6-2-1-5-16(17)13(12-19-14-8-9-14)7-10-15-4-3-11-20-15/h1-2,5-6,13-15,19H,3-4,7-12H2. The minimum absolute atomic E-state index is 0.0672. The lowest BCUT2D eigenvalue weighted by Gasteiger charge is -2.20. The summed E-state index contributed by atoms with van der Waals surface area (Å²) in [4.78, 5) is 0. The summed E-state index contributed by atoms with van der Waals surface area (Å²) >= 11 is 0. The maximum atomic E-state index is 14.0. The van der Waals surface area contributed by atoms with Crippen LogP contribution in [0.3, 0.4) is 0 Å². The lowest BCUT2D eigenvalue weighted by molar-refractivity contribution is 0.100. The number of nitrogens with one attached hydrogen (secondary N) is 1. The number of hydrogen-bond acceptors (Lipinski definition) is 2. The smallest absolute Gasteiger partial charge is 0.126 e. The molecule has 2 unspecified atom stereocenters. The van der Waals surface area contributed by atoms with Crippen LogP contribution in [0.5, 0.6) is 0 Å². The zero-order valence-corrected chi connectivity index (χ0v) is 12.0. The van der Waals surface area contributed by atoms with E-state index in [9.17, 15) is 4.39 Å². The van der Waals surface area contributed by atoms with Crippen LogP contribution in [0.1, 0.15) is 50.0 Å². The van der Waals surface area contributed by atoms with E-state index in [2.05, 4.69) is 5.32 Å². The van der Waals surface area contributed by atoms with Crippen molar-refractivity contribution in [3.8, 4) is 0 Å². The van der Waals surface area contributed by atoms with Gasteiger partial charge in [-0.05, 0) is 56.1 Å². The maximum absolute atomic E-state index is 14.0. The molecule has 1 N–H and O–H groups in total. The molecule has 1 saturated carbocycles. The highest BCUT2D eigenvalue weighted by atomic mass is 19.1. The molecule has 1 aromatic carbocycles. The Labute approximate surface area is 120 Å². The van der Waals surface area contributed by atoms with E-state index >= 15 is 0 Å². The Morgan fingerprint density at radius 1 is 1.25 bits per heavy atom. The largest absolute Gasteiger partial charge is 0.378 e. The minimum atomic E-state index is -0.0672. The van der Waals surface area contributed by atoms with Crippen molar-refractivity contribution in [2.75, 3.05) is 13.2 Å². The minimum Gasteiger partial charge on any atom is -0.378 e. The summed E-state index contributed by atoms with van der Waals surface area (Å²) in [6, 6.07) is 7.89. The maximum Gasteiger partial charge on any atom is 0.126 e. The van der Waals surface area contributed by atoms with Crippen molar-refractivity contribution in [1.29, 1.82) is 0 Å². The summed E-state index contributed by atoms with van der Waals surface area (Å²) in [6.45, 7) is 1.79. The Morgan fingerprint density at radius 3 is 2.80 bits per heavy atom. The first-order valence-electron chi connectivity index (χ1n) is 7.92. The molecule has 2 nitrogen and oxygen atoms in total. The molecule has 1 aliphatic carbocycles. The first-order chi connectivity index (χ1) is 9.83. The van der Waals surface area contributed by atoms with Crippen LogP contribution in [0, 0.1) is 5.82 Å². The van der Waals surface area contributed by atoms with Gasteiger partial charge in [-0.3, -0.25) is 0 Å². The molecule has 3 heteroatoms. The first kappa shape index (κ1) is 14.0. The van der Waals surface area contributed by atoms with Gasteiger partial charge in [0.15, 0.2) is 0 Å². The van der Waals surface area contributed by atoms with E-state index in [-0.39, 0.29) is 11.7 Å². The summed E-state index contributed by atoms with van der Waals surface area (Å²) in [5.74, 6) is 0.198. The van der Waals surface area contributed by atoms with Gasteiger partial charge in [-0.1, -0.05) is 18.2 Å². The van der Waals surface area contributed by atoms with Gasteiger partial charge in [-0.25, -0.2) is 4.39 Å². The molecular formula is C17H24FNO. The Bertz CT molecular complexity index is 427. The second-order valence-corrected chi connectivity index (χ2v) is 6.11. The Balaban J connectivity index is 1.60. The van der Waals surface area contributed by atoms with Gasteiger partial charge in [0.2, 0.25) is 0 Å². The molecule has 1 aromatic rings. The molecule has 0 spiro atoms. The zero-order chi connectivity index (χ0) is 13.8. The summed E-state index contributed by atoms with van der Waals surface area (Å²) in [6.07, 6.45) is 7.34. The number of rotatable bonds is 7. The van der Waals surface area contributed by atoms with Crippen LogP contribution in [0.25, 0.3) is 0 Å². The van der Waals surface area contributed by atoms with E-state index in [0.29, 0.717) is 12.1 Å². The number of ether oxygens (including phenoxy) is 1. The summed E-state index contributed by atoms with van der Waals surface area (Å²) in [5.41, 5.74) is 0.860. The highest BCUT2D eigenvalue weighted by Gasteiger charge is 2.24. The molecule has 1 heterocycles. The molecule has 1 aliphatic heterocycles. The van der Waals surface area contributed by atoms with E-state index < -0.39 is 0 Å². The van der Waals surface area contributed by atoms with Gasteiger partial charge >= 0.3 is 0 Å². The topological polar surface area (TPSA) is 21.3 Å². The monoisotopic (exact) mass is 277 g/mol. The van der Waals surface area contributed by atoms with E-state index in [4.69, 9.17) is 4.74 Å².